The van der Waals surface area contributed by atoms with Crippen LogP contribution in [0.1, 0.15) is 13.3 Å². The SMILES string of the molecule is CCC1N=CC=NC1=O. The number of nitrogens with zero attached hydrogens (tertiary/aromatic N) is 2. The van der Waals surface area contributed by atoms with Gasteiger partial charge in [-0.3, -0.25) is 9.79 Å². The fourth-order valence-corrected chi connectivity index (χ4v) is 0.679. The molecule has 0 aromatic carbocycles. The first-order chi connectivity index (χ1) is 4.34. The molecule has 48 valence electrons. The van der Waals surface area contributed by atoms with Crippen molar-refractivity contribution in [2.75, 3.05) is 0 Å². The van der Waals surface area contributed by atoms with Crippen LogP contribution in [0.25, 0.3) is 0 Å². The van der Waals surface area contributed by atoms with Gasteiger partial charge in [-0.1, -0.05) is 6.92 Å². The Hall–Kier alpha value is -0.990. The van der Waals surface area contributed by atoms with Crippen LogP contribution in [0.2, 0.25) is 0 Å². The van der Waals surface area contributed by atoms with Crippen LogP contribution in [-0.4, -0.2) is 24.4 Å². The summed E-state index contributed by atoms with van der Waals surface area (Å²) >= 11 is 0. The van der Waals surface area contributed by atoms with Crippen molar-refractivity contribution >= 4 is 18.3 Å². The molecular formula is C6H8N2O. The van der Waals surface area contributed by atoms with E-state index in [1.807, 2.05) is 6.92 Å². The van der Waals surface area contributed by atoms with E-state index in [1.54, 1.807) is 6.21 Å². The summed E-state index contributed by atoms with van der Waals surface area (Å²) in [5, 5.41) is 0. The highest BCUT2D eigenvalue weighted by molar-refractivity contribution is 6.21. The molecule has 3 heteroatoms. The summed E-state index contributed by atoms with van der Waals surface area (Å²) in [7, 11) is 0. The highest BCUT2D eigenvalue weighted by Gasteiger charge is 2.13. The van der Waals surface area contributed by atoms with Gasteiger partial charge in [-0.05, 0) is 6.42 Å². The summed E-state index contributed by atoms with van der Waals surface area (Å²) < 4.78 is 0. The quantitative estimate of drug-likeness (QED) is 0.500. The fourth-order valence-electron chi connectivity index (χ4n) is 0.679. The van der Waals surface area contributed by atoms with Gasteiger partial charge in [0.15, 0.2) is 0 Å². The summed E-state index contributed by atoms with van der Waals surface area (Å²) in [4.78, 5) is 18.2. The number of rotatable bonds is 1. The molecule has 0 aliphatic carbocycles. The highest BCUT2D eigenvalue weighted by Crippen LogP contribution is 2.00. The molecule has 1 unspecified atom stereocenters. The molecule has 1 atom stereocenters. The third-order valence-corrected chi connectivity index (χ3v) is 1.21. The van der Waals surface area contributed by atoms with Gasteiger partial charge in [0, 0.05) is 12.4 Å². The summed E-state index contributed by atoms with van der Waals surface area (Å²) in [6.07, 6.45) is 3.73. The van der Waals surface area contributed by atoms with E-state index in [9.17, 15) is 4.79 Å². The van der Waals surface area contributed by atoms with Crippen molar-refractivity contribution in [1.29, 1.82) is 0 Å². The Morgan fingerprint density at radius 3 is 2.89 bits per heavy atom. The van der Waals surface area contributed by atoms with Gasteiger partial charge in [0.25, 0.3) is 5.91 Å². The molecule has 0 radical (unpaired) electrons. The molecule has 1 aliphatic rings. The largest absolute Gasteiger partial charge is 0.278 e. The van der Waals surface area contributed by atoms with Crippen molar-refractivity contribution in [1.82, 2.24) is 0 Å². The minimum absolute atomic E-state index is 0.125. The molecule has 0 aromatic rings. The standard InChI is InChI=1S/C6H8N2O/c1-2-5-6(9)8-4-3-7-5/h3-5H,2H2,1H3. The van der Waals surface area contributed by atoms with E-state index in [1.165, 1.54) is 6.21 Å². The maximum atomic E-state index is 10.7. The third-order valence-electron chi connectivity index (χ3n) is 1.21. The van der Waals surface area contributed by atoms with Gasteiger partial charge >= 0.3 is 0 Å². The predicted molar refractivity (Wildman–Crippen MR) is 36.1 cm³/mol. The van der Waals surface area contributed by atoms with E-state index in [0.29, 0.717) is 0 Å². The van der Waals surface area contributed by atoms with Crippen LogP contribution >= 0.6 is 0 Å². The second-order valence-corrected chi connectivity index (χ2v) is 1.84. The smallest absolute Gasteiger partial charge is 0.270 e. The van der Waals surface area contributed by atoms with Gasteiger partial charge in [0.05, 0.1) is 0 Å². The molecule has 3 nitrogen and oxygen atoms in total. The van der Waals surface area contributed by atoms with Gasteiger partial charge in [-0.25, -0.2) is 4.99 Å². The Labute approximate surface area is 53.5 Å². The lowest BCUT2D eigenvalue weighted by Gasteiger charge is -2.05. The predicted octanol–water partition coefficient (Wildman–Crippen LogP) is 0.447. The van der Waals surface area contributed by atoms with E-state index < -0.39 is 0 Å². The zero-order chi connectivity index (χ0) is 6.69. The topological polar surface area (TPSA) is 41.8 Å². The average molecular weight is 124 g/mol. The molecule has 0 saturated heterocycles. The Morgan fingerprint density at radius 1 is 1.67 bits per heavy atom. The maximum absolute atomic E-state index is 10.7. The second kappa shape index (κ2) is 2.53. The van der Waals surface area contributed by atoms with Crippen molar-refractivity contribution in [3.63, 3.8) is 0 Å². The monoisotopic (exact) mass is 124 g/mol. The molecule has 1 aliphatic heterocycles. The third kappa shape index (κ3) is 1.22. The van der Waals surface area contributed by atoms with Gasteiger partial charge < -0.3 is 0 Å². The Kier molecular flexibility index (Phi) is 1.72. The zero-order valence-electron chi connectivity index (χ0n) is 5.24. The lowest BCUT2D eigenvalue weighted by molar-refractivity contribution is -0.119. The molecule has 0 saturated carbocycles. The van der Waals surface area contributed by atoms with Crippen LogP contribution in [0.5, 0.6) is 0 Å². The first kappa shape index (κ1) is 6.13. The van der Waals surface area contributed by atoms with Crippen molar-refractivity contribution in [3.05, 3.63) is 0 Å². The van der Waals surface area contributed by atoms with Crippen molar-refractivity contribution in [2.24, 2.45) is 9.98 Å². The van der Waals surface area contributed by atoms with Crippen LogP contribution in [-0.2, 0) is 4.79 Å². The van der Waals surface area contributed by atoms with Gasteiger partial charge in [-0.15, -0.1) is 0 Å². The van der Waals surface area contributed by atoms with E-state index >= 15 is 0 Å². The zero-order valence-corrected chi connectivity index (χ0v) is 5.24. The molecular weight excluding hydrogens is 116 g/mol. The number of aliphatic imine (C=N–C) groups is 2. The van der Waals surface area contributed by atoms with Gasteiger partial charge in [0.1, 0.15) is 6.04 Å². The van der Waals surface area contributed by atoms with Crippen LogP contribution in [0.15, 0.2) is 9.98 Å². The Bertz CT molecular complexity index is 172. The molecule has 0 fully saturated rings. The van der Waals surface area contributed by atoms with E-state index in [0.717, 1.165) is 6.42 Å². The number of hydrogen-bond donors (Lipinski definition) is 0. The first-order valence-electron chi connectivity index (χ1n) is 2.94. The Morgan fingerprint density at radius 2 is 2.44 bits per heavy atom. The van der Waals surface area contributed by atoms with E-state index in [2.05, 4.69) is 9.98 Å². The number of carbonyl (C=O) groups is 1. The molecule has 1 amide bonds. The minimum atomic E-state index is -0.213. The van der Waals surface area contributed by atoms with Crippen LogP contribution in [0.3, 0.4) is 0 Å². The highest BCUT2D eigenvalue weighted by atomic mass is 16.1. The molecule has 9 heavy (non-hydrogen) atoms. The molecule has 1 rings (SSSR count). The second-order valence-electron chi connectivity index (χ2n) is 1.84. The molecule has 0 bridgehead atoms. The number of amides is 1. The van der Waals surface area contributed by atoms with E-state index in [4.69, 9.17) is 0 Å². The van der Waals surface area contributed by atoms with Crippen molar-refractivity contribution in [3.8, 4) is 0 Å². The normalized spacial score (nSPS) is 25.0. The lowest BCUT2D eigenvalue weighted by Crippen LogP contribution is -2.18. The molecule has 0 spiro atoms. The summed E-state index contributed by atoms with van der Waals surface area (Å²) in [6.45, 7) is 1.92. The summed E-state index contributed by atoms with van der Waals surface area (Å²) in [5.74, 6) is -0.125. The number of carbonyl (C=O) groups excluding carboxylic acids is 1. The molecule has 0 N–H and O–H groups in total. The number of hydrogen-bond acceptors (Lipinski definition) is 2. The molecule has 0 aromatic heterocycles. The Balaban J connectivity index is 2.66. The van der Waals surface area contributed by atoms with E-state index in [-0.39, 0.29) is 11.9 Å². The van der Waals surface area contributed by atoms with Crippen LogP contribution in [0, 0.1) is 0 Å². The van der Waals surface area contributed by atoms with Crippen molar-refractivity contribution < 1.29 is 4.79 Å². The summed E-state index contributed by atoms with van der Waals surface area (Å²) in [5.41, 5.74) is 0. The minimum Gasteiger partial charge on any atom is -0.278 e. The lowest BCUT2D eigenvalue weighted by atomic mass is 10.2. The van der Waals surface area contributed by atoms with Crippen LogP contribution < -0.4 is 0 Å². The molecule has 1 heterocycles. The van der Waals surface area contributed by atoms with Crippen LogP contribution in [0.4, 0.5) is 0 Å². The summed E-state index contributed by atoms with van der Waals surface area (Å²) in [6, 6.07) is -0.213. The van der Waals surface area contributed by atoms with Crippen molar-refractivity contribution in [2.45, 2.75) is 19.4 Å². The van der Waals surface area contributed by atoms with Gasteiger partial charge in [0.2, 0.25) is 0 Å². The first-order valence-corrected chi connectivity index (χ1v) is 2.94. The average Bonchev–Trinajstić information content (AvgIpc) is 1.89. The van der Waals surface area contributed by atoms with Gasteiger partial charge in [-0.2, -0.15) is 0 Å². The fraction of sp³-hybridized carbons (Fsp3) is 0.500. The maximum Gasteiger partial charge on any atom is 0.270 e.